The SMILES string of the molecule is CCCCCCCCCCC/C=C\C/C=C\CCCCCCCCCCCCCC(=O)NC(COC1OC(CO)C(OC2OC(CO)C(O)C(OC3(C(=O)O)CC(O)C(NC(C)=O)C(C(O)C(O)CO)O3)C2O)C(O)C1O)C(O)CCCCCCCCCCCCCCCCC. The highest BCUT2D eigenvalue weighted by Crippen LogP contribution is 2.39. The van der Waals surface area contributed by atoms with E-state index in [9.17, 15) is 75.7 Å². The van der Waals surface area contributed by atoms with Crippen molar-refractivity contribution < 1.29 is 104 Å². The number of amides is 2. The smallest absolute Gasteiger partial charge is 0.364 e. The molecule has 3 fully saturated rings. The number of carboxylic acids is 1. The first kappa shape index (κ1) is 87.4. The maximum atomic E-state index is 13.5. The molecule has 0 aromatic carbocycles. The van der Waals surface area contributed by atoms with E-state index in [1.807, 2.05) is 0 Å². The standard InChI is InChI=1S/C73H134N2O21/c1-4-6-8-10-12-14-16-18-20-21-22-23-24-25-26-27-28-29-30-31-33-35-37-39-41-43-45-47-60(83)75-54(55(80)46-44-42-40-38-36-34-32-19-17-15-13-11-9-7-5-2)52-91-70-65(87)64(86)67(59(51-78)93-70)94-71-66(88)69(63(85)58(50-77)92-71)96-73(72(89)90)48-56(81)61(74-53(3)79)68(95-73)62(84)57(82)49-76/h22-23,25-26,54-59,61-71,76-78,80-82,84-88H,4-21,24,27-52H2,1-3H3,(H,74,79)(H,75,83)(H,89,90)/b23-22-,26-25-. The highest BCUT2D eigenvalue weighted by Gasteiger charge is 2.60. The van der Waals surface area contributed by atoms with Gasteiger partial charge in [-0.2, -0.15) is 0 Å². The molecular formula is C73H134N2O21. The van der Waals surface area contributed by atoms with E-state index in [1.54, 1.807) is 0 Å². The lowest BCUT2D eigenvalue weighted by atomic mass is 9.88. The quantitative estimate of drug-likeness (QED) is 0.0201. The van der Waals surface area contributed by atoms with Crippen LogP contribution in [-0.2, 0) is 42.8 Å². The van der Waals surface area contributed by atoms with Crippen molar-refractivity contribution in [3.05, 3.63) is 24.3 Å². The first-order valence-corrected chi connectivity index (χ1v) is 37.7. The molecule has 96 heavy (non-hydrogen) atoms. The van der Waals surface area contributed by atoms with Crippen LogP contribution in [0.1, 0.15) is 284 Å². The molecule has 0 aliphatic carbocycles. The molecule has 0 aromatic heterocycles. The second kappa shape index (κ2) is 53.1. The second-order valence-electron chi connectivity index (χ2n) is 27.5. The molecule has 562 valence electrons. The van der Waals surface area contributed by atoms with Crippen molar-refractivity contribution >= 4 is 17.8 Å². The Morgan fingerprint density at radius 3 is 1.46 bits per heavy atom. The van der Waals surface area contributed by atoms with Gasteiger partial charge in [0.05, 0.1) is 50.7 Å². The Labute approximate surface area is 574 Å². The van der Waals surface area contributed by atoms with Crippen LogP contribution in [0, 0.1) is 0 Å². The summed E-state index contributed by atoms with van der Waals surface area (Å²) in [5, 5.41) is 136. The van der Waals surface area contributed by atoms with Gasteiger partial charge in [-0.1, -0.05) is 244 Å². The zero-order valence-corrected chi connectivity index (χ0v) is 59.0. The summed E-state index contributed by atoms with van der Waals surface area (Å²) in [4.78, 5) is 38.6. The normalized spacial score (nSPS) is 27.7. The van der Waals surface area contributed by atoms with Crippen LogP contribution in [0.2, 0.25) is 0 Å². The van der Waals surface area contributed by atoms with Crippen molar-refractivity contribution in [3.63, 3.8) is 0 Å². The first-order chi connectivity index (χ1) is 46.4. The molecule has 3 saturated heterocycles. The highest BCUT2D eigenvalue weighted by molar-refractivity contribution is 5.77. The topological polar surface area (TPSA) is 373 Å². The number of aliphatic carboxylic acids is 1. The lowest BCUT2D eigenvalue weighted by Crippen LogP contribution is -2.70. The molecule has 2 amide bonds. The predicted octanol–water partition coefficient (Wildman–Crippen LogP) is 8.40. The Hall–Kier alpha value is -2.79. The van der Waals surface area contributed by atoms with E-state index < -0.39 is 148 Å². The van der Waals surface area contributed by atoms with Gasteiger partial charge in [0.25, 0.3) is 5.79 Å². The van der Waals surface area contributed by atoms with Gasteiger partial charge in [-0.05, 0) is 44.9 Å². The fourth-order valence-electron chi connectivity index (χ4n) is 13.2. The fraction of sp³-hybridized carbons (Fsp3) is 0.904. The maximum absolute atomic E-state index is 13.5. The van der Waals surface area contributed by atoms with Crippen LogP contribution in [0.5, 0.6) is 0 Å². The molecule has 0 radical (unpaired) electrons. The number of allylic oxidation sites excluding steroid dienone is 4. The number of aliphatic hydroxyl groups is 11. The molecule has 14 N–H and O–H groups in total. The molecule has 18 unspecified atom stereocenters. The summed E-state index contributed by atoms with van der Waals surface area (Å²) < 4.78 is 34.9. The van der Waals surface area contributed by atoms with Gasteiger partial charge in [-0.3, -0.25) is 9.59 Å². The molecule has 18 atom stereocenters. The van der Waals surface area contributed by atoms with Crippen molar-refractivity contribution in [1.82, 2.24) is 10.6 Å². The van der Waals surface area contributed by atoms with E-state index in [0.29, 0.717) is 19.3 Å². The summed E-state index contributed by atoms with van der Waals surface area (Å²) in [6.07, 6.45) is 26.1. The third kappa shape index (κ3) is 34.3. The molecule has 3 rings (SSSR count). The van der Waals surface area contributed by atoms with Crippen molar-refractivity contribution in [2.75, 3.05) is 26.4 Å². The van der Waals surface area contributed by atoms with E-state index in [0.717, 1.165) is 71.1 Å². The van der Waals surface area contributed by atoms with Crippen LogP contribution in [0.15, 0.2) is 24.3 Å². The minimum absolute atomic E-state index is 0.221. The van der Waals surface area contributed by atoms with Crippen molar-refractivity contribution in [3.8, 4) is 0 Å². The zero-order valence-electron chi connectivity index (χ0n) is 59.0. The van der Waals surface area contributed by atoms with Crippen molar-refractivity contribution in [2.45, 2.75) is 394 Å². The van der Waals surface area contributed by atoms with Crippen LogP contribution in [0.3, 0.4) is 0 Å². The minimum atomic E-state index is -3.08. The number of carbonyl (C=O) groups is 3. The van der Waals surface area contributed by atoms with Crippen molar-refractivity contribution in [2.24, 2.45) is 0 Å². The van der Waals surface area contributed by atoms with Gasteiger partial charge in [0, 0.05) is 19.8 Å². The number of unbranched alkanes of at least 4 members (excludes halogenated alkanes) is 34. The van der Waals surface area contributed by atoms with Crippen molar-refractivity contribution in [1.29, 1.82) is 0 Å². The van der Waals surface area contributed by atoms with Crippen LogP contribution in [0.25, 0.3) is 0 Å². The van der Waals surface area contributed by atoms with Gasteiger partial charge < -0.3 is 100 Å². The summed E-state index contributed by atoms with van der Waals surface area (Å²) in [5.41, 5.74) is 0. The first-order valence-electron chi connectivity index (χ1n) is 37.7. The average molecular weight is 1380 g/mol. The Morgan fingerprint density at radius 1 is 0.542 bits per heavy atom. The van der Waals surface area contributed by atoms with E-state index in [1.165, 1.54) is 167 Å². The van der Waals surface area contributed by atoms with Crippen LogP contribution in [-0.4, -0.2) is 215 Å². The van der Waals surface area contributed by atoms with Gasteiger partial charge in [-0.25, -0.2) is 4.79 Å². The van der Waals surface area contributed by atoms with Gasteiger partial charge in [0.2, 0.25) is 11.8 Å². The monoisotopic (exact) mass is 1370 g/mol. The Kier molecular flexibility index (Phi) is 48.3. The molecule has 0 aromatic rings. The Morgan fingerprint density at radius 2 is 1.00 bits per heavy atom. The van der Waals surface area contributed by atoms with Crippen LogP contribution < -0.4 is 10.6 Å². The number of carboxylic acid groups (broad SMARTS) is 1. The average Bonchev–Trinajstić information content (AvgIpc) is 0.759. The number of rotatable bonds is 58. The number of carbonyl (C=O) groups excluding carboxylic acids is 2. The molecule has 3 aliphatic heterocycles. The molecule has 3 aliphatic rings. The summed E-state index contributed by atoms with van der Waals surface area (Å²) in [7, 11) is 0. The summed E-state index contributed by atoms with van der Waals surface area (Å²) in [6.45, 7) is 2.22. The van der Waals surface area contributed by atoms with Gasteiger partial charge >= 0.3 is 5.97 Å². The number of hydrogen-bond donors (Lipinski definition) is 14. The van der Waals surface area contributed by atoms with Crippen LogP contribution in [0.4, 0.5) is 0 Å². The molecule has 0 saturated carbocycles. The van der Waals surface area contributed by atoms with E-state index >= 15 is 0 Å². The minimum Gasteiger partial charge on any atom is -0.477 e. The number of nitrogens with one attached hydrogen (secondary N) is 2. The Balaban J connectivity index is 1.52. The lowest BCUT2D eigenvalue weighted by Gasteiger charge is -2.50. The predicted molar refractivity (Wildman–Crippen MR) is 366 cm³/mol. The van der Waals surface area contributed by atoms with Gasteiger partial charge in [0.15, 0.2) is 12.6 Å². The highest BCUT2D eigenvalue weighted by atomic mass is 16.8. The van der Waals surface area contributed by atoms with E-state index in [-0.39, 0.29) is 18.9 Å². The second-order valence-corrected chi connectivity index (χ2v) is 27.5. The third-order valence-electron chi connectivity index (χ3n) is 19.2. The summed E-state index contributed by atoms with van der Waals surface area (Å²) in [5.74, 6) is -6.10. The maximum Gasteiger partial charge on any atom is 0.364 e. The lowest BCUT2D eigenvalue weighted by molar-refractivity contribution is -0.386. The largest absolute Gasteiger partial charge is 0.477 e. The van der Waals surface area contributed by atoms with Gasteiger partial charge in [-0.15, -0.1) is 0 Å². The van der Waals surface area contributed by atoms with Crippen LogP contribution >= 0.6 is 0 Å². The summed E-state index contributed by atoms with van der Waals surface area (Å²) in [6, 6.07) is -2.53. The van der Waals surface area contributed by atoms with E-state index in [4.69, 9.17) is 28.4 Å². The molecule has 23 nitrogen and oxygen atoms in total. The molecular weight excluding hydrogens is 1240 g/mol. The summed E-state index contributed by atoms with van der Waals surface area (Å²) >= 11 is 0. The third-order valence-corrected chi connectivity index (χ3v) is 19.2. The number of ether oxygens (including phenoxy) is 6. The Bertz CT molecular complexity index is 2030. The molecule has 23 heteroatoms. The van der Waals surface area contributed by atoms with Gasteiger partial charge in [0.1, 0.15) is 67.1 Å². The molecule has 3 heterocycles. The van der Waals surface area contributed by atoms with E-state index in [2.05, 4.69) is 48.8 Å². The fourth-order valence-corrected chi connectivity index (χ4v) is 13.2. The number of aliphatic hydroxyl groups excluding tert-OH is 11. The zero-order chi connectivity index (χ0) is 70.4. The molecule has 0 bridgehead atoms. The number of hydrogen-bond acceptors (Lipinski definition) is 20. The molecule has 0 spiro atoms.